The van der Waals surface area contributed by atoms with E-state index in [2.05, 4.69) is 39.6 Å². The molecule has 0 amide bonds. The van der Waals surface area contributed by atoms with E-state index in [-0.39, 0.29) is 0 Å². The number of halogens is 1. The number of hydrogen-bond acceptors (Lipinski definition) is 5. The SMILES string of the molecule is C[C@@H]1CN(C(=S)N/N=C2/CCOc3ccc(F)nc32)C[C@H](C)N1. The summed E-state index contributed by atoms with van der Waals surface area (Å²) < 4.78 is 18.8. The lowest BCUT2D eigenvalue weighted by Crippen LogP contribution is -2.57. The minimum Gasteiger partial charge on any atom is -0.491 e. The fraction of sp³-hybridized carbons (Fsp3) is 0.533. The summed E-state index contributed by atoms with van der Waals surface area (Å²) in [7, 11) is 0. The van der Waals surface area contributed by atoms with Crippen molar-refractivity contribution in [3.63, 3.8) is 0 Å². The predicted molar refractivity (Wildman–Crippen MR) is 90.2 cm³/mol. The van der Waals surface area contributed by atoms with Gasteiger partial charge in [-0.05, 0) is 38.2 Å². The molecule has 2 atom stereocenters. The van der Waals surface area contributed by atoms with Gasteiger partial charge in [0.25, 0.3) is 0 Å². The number of nitrogens with zero attached hydrogens (tertiary/aromatic N) is 3. The molecule has 1 saturated heterocycles. The van der Waals surface area contributed by atoms with Crippen LogP contribution in [0.3, 0.4) is 0 Å². The van der Waals surface area contributed by atoms with Crippen LogP contribution in [0.25, 0.3) is 0 Å². The summed E-state index contributed by atoms with van der Waals surface area (Å²) in [6.45, 7) is 6.40. The van der Waals surface area contributed by atoms with Crippen molar-refractivity contribution in [2.45, 2.75) is 32.4 Å². The third-order valence-corrected chi connectivity index (χ3v) is 4.17. The maximum absolute atomic E-state index is 13.4. The Labute approximate surface area is 140 Å². The van der Waals surface area contributed by atoms with Gasteiger partial charge in [-0.15, -0.1) is 0 Å². The maximum atomic E-state index is 13.4. The Balaban J connectivity index is 1.71. The van der Waals surface area contributed by atoms with E-state index in [9.17, 15) is 4.39 Å². The van der Waals surface area contributed by atoms with Gasteiger partial charge in [-0.1, -0.05) is 0 Å². The first-order valence-corrected chi connectivity index (χ1v) is 8.11. The van der Waals surface area contributed by atoms with Crippen molar-refractivity contribution in [3.8, 4) is 5.75 Å². The van der Waals surface area contributed by atoms with E-state index >= 15 is 0 Å². The molecule has 1 fully saturated rings. The second kappa shape index (κ2) is 6.76. The molecule has 0 spiro atoms. The first-order chi connectivity index (χ1) is 11.0. The van der Waals surface area contributed by atoms with Crippen molar-refractivity contribution in [1.29, 1.82) is 0 Å². The largest absolute Gasteiger partial charge is 0.491 e. The van der Waals surface area contributed by atoms with Gasteiger partial charge in [-0.25, -0.2) is 4.98 Å². The molecule has 23 heavy (non-hydrogen) atoms. The van der Waals surface area contributed by atoms with Crippen molar-refractivity contribution in [2.24, 2.45) is 5.10 Å². The third kappa shape index (κ3) is 3.76. The minimum atomic E-state index is -0.547. The number of pyridine rings is 1. The monoisotopic (exact) mass is 337 g/mol. The lowest BCUT2D eigenvalue weighted by atomic mass is 10.1. The zero-order chi connectivity index (χ0) is 16.4. The minimum absolute atomic E-state index is 0.366. The van der Waals surface area contributed by atoms with Gasteiger partial charge in [0.1, 0.15) is 11.4 Å². The Kier molecular flexibility index (Phi) is 4.72. The number of piperazine rings is 1. The van der Waals surface area contributed by atoms with Crippen LogP contribution in [0.5, 0.6) is 5.75 Å². The van der Waals surface area contributed by atoms with E-state index in [1.54, 1.807) is 6.07 Å². The molecule has 0 bridgehead atoms. The molecule has 3 heterocycles. The van der Waals surface area contributed by atoms with Gasteiger partial charge in [0.2, 0.25) is 5.95 Å². The normalized spacial score (nSPS) is 25.7. The van der Waals surface area contributed by atoms with Crippen LogP contribution >= 0.6 is 12.2 Å². The first-order valence-electron chi connectivity index (χ1n) is 7.70. The van der Waals surface area contributed by atoms with Gasteiger partial charge >= 0.3 is 0 Å². The summed E-state index contributed by atoms with van der Waals surface area (Å²) in [5.74, 6) is 0.00261. The molecule has 0 radical (unpaired) electrons. The fourth-order valence-corrected chi connectivity index (χ4v) is 3.10. The highest BCUT2D eigenvalue weighted by atomic mass is 32.1. The number of rotatable bonds is 1. The zero-order valence-corrected chi connectivity index (χ0v) is 14.0. The molecule has 0 unspecified atom stereocenters. The highest BCUT2D eigenvalue weighted by Gasteiger charge is 2.23. The Bertz CT molecular complexity index is 628. The molecule has 8 heteroatoms. The van der Waals surface area contributed by atoms with Crippen LogP contribution in [-0.4, -0.2) is 52.5 Å². The maximum Gasteiger partial charge on any atom is 0.213 e. The topological polar surface area (TPSA) is 61.8 Å². The Hall–Kier alpha value is -1.80. The Morgan fingerprint density at radius 2 is 2.17 bits per heavy atom. The van der Waals surface area contributed by atoms with Crippen molar-refractivity contribution in [3.05, 3.63) is 23.8 Å². The van der Waals surface area contributed by atoms with Gasteiger partial charge in [-0.3, -0.25) is 5.43 Å². The van der Waals surface area contributed by atoms with E-state index in [4.69, 9.17) is 17.0 Å². The van der Waals surface area contributed by atoms with Gasteiger partial charge in [0.15, 0.2) is 5.11 Å². The summed E-state index contributed by atoms with van der Waals surface area (Å²) in [5.41, 5.74) is 4.02. The smallest absolute Gasteiger partial charge is 0.213 e. The molecule has 2 N–H and O–H groups in total. The molecule has 0 saturated carbocycles. The molecule has 2 aliphatic heterocycles. The van der Waals surface area contributed by atoms with Crippen LogP contribution < -0.4 is 15.5 Å². The summed E-state index contributed by atoms with van der Waals surface area (Å²) in [5, 5.41) is 8.37. The van der Waals surface area contributed by atoms with Crippen LogP contribution in [0.15, 0.2) is 17.2 Å². The molecular weight excluding hydrogens is 317 g/mol. The summed E-state index contributed by atoms with van der Waals surface area (Å²) in [6, 6.07) is 3.59. The molecule has 124 valence electrons. The molecule has 2 aliphatic rings. The summed E-state index contributed by atoms with van der Waals surface area (Å²) in [6.07, 6.45) is 0.563. The number of ether oxygens (including phenoxy) is 1. The van der Waals surface area contributed by atoms with Gasteiger partial charge in [-0.2, -0.15) is 9.49 Å². The molecule has 6 nitrogen and oxygen atoms in total. The highest BCUT2D eigenvalue weighted by molar-refractivity contribution is 7.80. The standard InChI is InChI=1S/C15H20FN5OS/c1-9-7-21(8-10(2)17-9)15(23)20-19-11-5-6-22-12-3-4-13(16)18-14(11)12/h3-4,9-10,17H,5-8H2,1-2H3,(H,20,23)/b19-11-/t9-,10+. The molecule has 1 aromatic heterocycles. The van der Waals surface area contributed by atoms with Crippen LogP contribution in [0.2, 0.25) is 0 Å². The van der Waals surface area contributed by atoms with Gasteiger partial charge in [0, 0.05) is 31.6 Å². The van der Waals surface area contributed by atoms with Crippen molar-refractivity contribution in [2.75, 3.05) is 19.7 Å². The molecule has 0 aromatic carbocycles. The molecule has 1 aromatic rings. The van der Waals surface area contributed by atoms with Crippen LogP contribution in [-0.2, 0) is 0 Å². The zero-order valence-electron chi connectivity index (χ0n) is 13.2. The number of nitrogens with one attached hydrogen (secondary N) is 2. The number of hydrogen-bond donors (Lipinski definition) is 2. The molecule has 3 rings (SSSR count). The average molecular weight is 337 g/mol. The van der Waals surface area contributed by atoms with E-state index in [1.165, 1.54) is 6.07 Å². The van der Waals surface area contributed by atoms with E-state index < -0.39 is 5.95 Å². The van der Waals surface area contributed by atoms with Crippen LogP contribution in [0.4, 0.5) is 4.39 Å². The average Bonchev–Trinajstić information content (AvgIpc) is 2.51. The van der Waals surface area contributed by atoms with Crippen molar-refractivity contribution >= 4 is 23.0 Å². The number of hydrazone groups is 1. The first kappa shape index (κ1) is 16.1. The third-order valence-electron chi connectivity index (χ3n) is 3.83. The molecule has 0 aliphatic carbocycles. The van der Waals surface area contributed by atoms with Gasteiger partial charge in [0.05, 0.1) is 12.3 Å². The quantitative estimate of drug-likeness (QED) is 0.457. The highest BCUT2D eigenvalue weighted by Crippen LogP contribution is 2.23. The second-order valence-electron chi connectivity index (χ2n) is 5.93. The Morgan fingerprint density at radius 3 is 2.91 bits per heavy atom. The van der Waals surface area contributed by atoms with Gasteiger partial charge < -0.3 is 15.0 Å². The lowest BCUT2D eigenvalue weighted by Gasteiger charge is -2.37. The second-order valence-corrected chi connectivity index (χ2v) is 6.32. The fourth-order valence-electron chi connectivity index (χ4n) is 2.91. The predicted octanol–water partition coefficient (Wildman–Crippen LogP) is 1.26. The van der Waals surface area contributed by atoms with Crippen molar-refractivity contribution < 1.29 is 9.13 Å². The van der Waals surface area contributed by atoms with Crippen LogP contribution in [0.1, 0.15) is 26.0 Å². The number of thiocarbonyl (C=S) groups is 1. The summed E-state index contributed by atoms with van der Waals surface area (Å²) >= 11 is 5.43. The van der Waals surface area contributed by atoms with Crippen LogP contribution in [0, 0.1) is 5.95 Å². The molecular formula is C15H20FN5OS. The van der Waals surface area contributed by atoms with E-state index in [0.29, 0.717) is 47.4 Å². The Morgan fingerprint density at radius 1 is 1.43 bits per heavy atom. The number of fused-ring (bicyclic) bond motifs is 1. The lowest BCUT2D eigenvalue weighted by molar-refractivity contribution is 0.253. The van der Waals surface area contributed by atoms with Crippen molar-refractivity contribution in [1.82, 2.24) is 20.6 Å². The summed E-state index contributed by atoms with van der Waals surface area (Å²) in [4.78, 5) is 5.97. The van der Waals surface area contributed by atoms with E-state index in [1.807, 2.05) is 0 Å². The van der Waals surface area contributed by atoms with E-state index in [0.717, 1.165) is 13.1 Å². The number of aromatic nitrogens is 1.